The van der Waals surface area contributed by atoms with Crippen molar-refractivity contribution in [3.63, 3.8) is 0 Å². The maximum absolute atomic E-state index is 10.7. The average Bonchev–Trinajstić information content (AvgIpc) is 3.24. The van der Waals surface area contributed by atoms with Crippen LogP contribution < -0.4 is 5.32 Å². The van der Waals surface area contributed by atoms with E-state index in [2.05, 4.69) is 30.4 Å². The van der Waals surface area contributed by atoms with Crippen molar-refractivity contribution in [2.45, 2.75) is 75.0 Å². The predicted molar refractivity (Wildman–Crippen MR) is 109 cm³/mol. The molecule has 1 aliphatic heterocycles. The molecular weight excluding hydrogens is 414 g/mol. The van der Waals surface area contributed by atoms with Crippen LogP contribution in [0.2, 0.25) is 0 Å². The minimum absolute atomic E-state index is 0.179. The third-order valence-electron chi connectivity index (χ3n) is 7.57. The molecule has 4 heterocycles. The summed E-state index contributed by atoms with van der Waals surface area (Å²) in [5, 5.41) is 29.0. The fourth-order valence-electron chi connectivity index (χ4n) is 5.70. The molecular formula is C21H25N7O4. The first-order chi connectivity index (χ1) is 15.7. The highest BCUT2D eigenvalue weighted by Crippen LogP contribution is 2.46. The summed E-state index contributed by atoms with van der Waals surface area (Å²) in [4.78, 5) is 17.7. The van der Waals surface area contributed by atoms with Crippen molar-refractivity contribution < 1.29 is 19.5 Å². The summed E-state index contributed by atoms with van der Waals surface area (Å²) in [6.45, 7) is 0. The number of hydrogen-bond acceptors (Lipinski definition) is 10. The molecule has 3 aliphatic carbocycles. The van der Waals surface area contributed by atoms with Crippen LogP contribution in [0.1, 0.15) is 68.5 Å². The van der Waals surface area contributed by atoms with E-state index in [9.17, 15) is 10.2 Å². The Morgan fingerprint density at radius 1 is 1.03 bits per heavy atom. The number of ether oxygens (including phenoxy) is 1. The van der Waals surface area contributed by atoms with Crippen LogP contribution in [0, 0.1) is 11.8 Å². The van der Waals surface area contributed by atoms with Gasteiger partial charge in [0.2, 0.25) is 0 Å². The molecule has 2 bridgehead atoms. The maximum atomic E-state index is 10.7. The second-order valence-corrected chi connectivity index (χ2v) is 9.67. The van der Waals surface area contributed by atoms with Gasteiger partial charge in [-0.25, -0.2) is 15.0 Å². The van der Waals surface area contributed by atoms with Gasteiger partial charge in [-0.2, -0.15) is 4.98 Å². The lowest BCUT2D eigenvalue weighted by atomic mass is 9.95. The summed E-state index contributed by atoms with van der Waals surface area (Å²) in [6.07, 6.45) is 5.98. The Bertz CT molecular complexity index is 1160. The van der Waals surface area contributed by atoms with Crippen LogP contribution in [-0.2, 0) is 4.74 Å². The van der Waals surface area contributed by atoms with E-state index in [1.54, 1.807) is 10.9 Å². The van der Waals surface area contributed by atoms with Crippen molar-refractivity contribution in [1.82, 2.24) is 29.7 Å². The number of aliphatic hydroxyl groups excluding tert-OH is 2. The molecule has 1 saturated heterocycles. The Morgan fingerprint density at radius 3 is 2.72 bits per heavy atom. The lowest BCUT2D eigenvalue weighted by Crippen LogP contribution is -2.29. The molecule has 11 nitrogen and oxygen atoms in total. The summed E-state index contributed by atoms with van der Waals surface area (Å²) < 4.78 is 13.0. The predicted octanol–water partition coefficient (Wildman–Crippen LogP) is 1.68. The van der Waals surface area contributed by atoms with Crippen molar-refractivity contribution in [1.29, 1.82) is 0 Å². The van der Waals surface area contributed by atoms with Gasteiger partial charge in [-0.3, -0.25) is 4.57 Å². The maximum Gasteiger partial charge on any atom is 0.258 e. The number of imidazole rings is 1. The van der Waals surface area contributed by atoms with Crippen LogP contribution in [0.5, 0.6) is 0 Å². The Hall–Kier alpha value is -2.63. The van der Waals surface area contributed by atoms with Gasteiger partial charge in [-0.1, -0.05) is 11.6 Å². The van der Waals surface area contributed by atoms with Gasteiger partial charge in [-0.15, -0.1) is 0 Å². The van der Waals surface area contributed by atoms with Crippen molar-refractivity contribution >= 4 is 17.0 Å². The van der Waals surface area contributed by atoms with Gasteiger partial charge < -0.3 is 24.8 Å². The number of aliphatic hydroxyl groups is 2. The highest BCUT2D eigenvalue weighted by molar-refractivity contribution is 5.82. The molecule has 4 fully saturated rings. The lowest BCUT2D eigenvalue weighted by molar-refractivity contribution is -0.0451. The van der Waals surface area contributed by atoms with E-state index < -0.39 is 24.5 Å². The molecule has 3 aromatic rings. The summed E-state index contributed by atoms with van der Waals surface area (Å²) in [6, 6.07) is 0.412. The van der Waals surface area contributed by atoms with E-state index in [1.165, 1.54) is 32.0 Å². The fraction of sp³-hybridized carbons (Fsp3) is 0.667. The van der Waals surface area contributed by atoms with Crippen molar-refractivity contribution in [2.24, 2.45) is 11.8 Å². The van der Waals surface area contributed by atoms with Gasteiger partial charge in [0.15, 0.2) is 35.1 Å². The zero-order valence-corrected chi connectivity index (χ0v) is 17.4. The molecule has 7 atom stereocenters. The van der Waals surface area contributed by atoms with Gasteiger partial charge in [0.1, 0.15) is 18.5 Å². The molecule has 0 unspecified atom stereocenters. The van der Waals surface area contributed by atoms with Crippen LogP contribution in [0.3, 0.4) is 0 Å². The van der Waals surface area contributed by atoms with Crippen molar-refractivity contribution in [3.8, 4) is 0 Å². The van der Waals surface area contributed by atoms with E-state index in [-0.39, 0.29) is 5.89 Å². The molecule has 0 spiro atoms. The molecule has 7 rings (SSSR count). The van der Waals surface area contributed by atoms with Gasteiger partial charge >= 0.3 is 0 Å². The molecule has 0 radical (unpaired) electrons. The van der Waals surface area contributed by atoms with Crippen molar-refractivity contribution in [3.05, 3.63) is 24.4 Å². The van der Waals surface area contributed by atoms with Crippen molar-refractivity contribution in [2.75, 3.05) is 5.32 Å². The van der Waals surface area contributed by atoms with Gasteiger partial charge in [0, 0.05) is 12.0 Å². The van der Waals surface area contributed by atoms with Crippen LogP contribution in [0.25, 0.3) is 11.2 Å². The van der Waals surface area contributed by atoms with Crippen LogP contribution in [0.4, 0.5) is 5.82 Å². The second kappa shape index (κ2) is 6.93. The molecule has 0 aromatic carbocycles. The Morgan fingerprint density at radius 2 is 1.94 bits per heavy atom. The van der Waals surface area contributed by atoms with E-state index in [4.69, 9.17) is 9.26 Å². The van der Waals surface area contributed by atoms with Gasteiger partial charge in [0.05, 0.1) is 6.33 Å². The zero-order chi connectivity index (χ0) is 21.4. The topological polar surface area (TPSA) is 144 Å². The Labute approximate surface area is 183 Å². The third kappa shape index (κ3) is 2.87. The molecule has 3 saturated carbocycles. The molecule has 168 valence electrons. The summed E-state index contributed by atoms with van der Waals surface area (Å²) in [5.41, 5.74) is 1.16. The second-order valence-electron chi connectivity index (χ2n) is 9.67. The van der Waals surface area contributed by atoms with Crippen LogP contribution >= 0.6 is 0 Å². The minimum atomic E-state index is -1.21. The standard InChI is InChI=1S/C21H25N7O4/c29-14-15(30)21(31-16(14)20-26-17(27-32-20)10-3-4-10)28-8-24-13-18(22-7-23-19(13)28)25-12-6-9-1-2-11(12)5-9/h7-12,14-16,21,29-30H,1-6H2,(H,22,23,25)/t9-,11+,12-,14+,15-,16+,21-/m1/s1. The summed E-state index contributed by atoms with van der Waals surface area (Å²) in [5.74, 6) is 3.34. The number of aromatic nitrogens is 6. The first kappa shape index (κ1) is 18.9. The number of fused-ring (bicyclic) bond motifs is 3. The number of nitrogens with one attached hydrogen (secondary N) is 1. The monoisotopic (exact) mass is 439 g/mol. The molecule has 4 aliphatic rings. The van der Waals surface area contributed by atoms with E-state index >= 15 is 0 Å². The van der Waals surface area contributed by atoms with Gasteiger partial charge in [0.25, 0.3) is 5.89 Å². The van der Waals surface area contributed by atoms with Gasteiger partial charge in [-0.05, 0) is 43.9 Å². The quantitative estimate of drug-likeness (QED) is 0.537. The molecule has 3 N–H and O–H groups in total. The molecule has 0 amide bonds. The van der Waals surface area contributed by atoms with E-state index in [0.29, 0.717) is 40.7 Å². The first-order valence-electron chi connectivity index (χ1n) is 11.4. The number of rotatable bonds is 5. The summed E-state index contributed by atoms with van der Waals surface area (Å²) >= 11 is 0. The average molecular weight is 439 g/mol. The highest BCUT2D eigenvalue weighted by Gasteiger charge is 2.48. The normalized spacial score (nSPS) is 36.4. The first-order valence-corrected chi connectivity index (χ1v) is 11.4. The highest BCUT2D eigenvalue weighted by atomic mass is 16.6. The van der Waals surface area contributed by atoms with Crippen LogP contribution in [0.15, 0.2) is 17.2 Å². The number of nitrogens with zero attached hydrogens (tertiary/aromatic N) is 6. The zero-order valence-electron chi connectivity index (χ0n) is 17.4. The van der Waals surface area contributed by atoms with E-state index in [0.717, 1.165) is 18.8 Å². The smallest absolute Gasteiger partial charge is 0.258 e. The van der Waals surface area contributed by atoms with E-state index in [1.807, 2.05) is 0 Å². The lowest BCUT2D eigenvalue weighted by Gasteiger charge is -2.23. The Kier molecular flexibility index (Phi) is 4.09. The minimum Gasteiger partial charge on any atom is -0.387 e. The third-order valence-corrected chi connectivity index (χ3v) is 7.57. The number of anilines is 1. The molecule has 11 heteroatoms. The van der Waals surface area contributed by atoms with Crippen LogP contribution in [-0.4, -0.2) is 58.1 Å². The number of hydrogen-bond donors (Lipinski definition) is 3. The SMILES string of the molecule is O[C@@H]1[C@H](O)[C@@H](c2nc(C3CC3)no2)O[C@H]1n1cnc2c(N[C@@H]3C[C@@H]4CC[C@H]3C4)ncnc21. The Balaban J connectivity index is 1.16. The molecule has 3 aromatic heterocycles. The largest absolute Gasteiger partial charge is 0.387 e. The summed E-state index contributed by atoms with van der Waals surface area (Å²) in [7, 11) is 0. The fourth-order valence-corrected chi connectivity index (χ4v) is 5.70. The molecule has 32 heavy (non-hydrogen) atoms.